The van der Waals surface area contributed by atoms with Gasteiger partial charge in [0.2, 0.25) is 0 Å². The largest absolute Gasteiger partial charge is 0.465 e. The van der Waals surface area contributed by atoms with Crippen LogP contribution in [0.4, 0.5) is 18.9 Å². The molecule has 0 unspecified atom stereocenters. The van der Waals surface area contributed by atoms with Gasteiger partial charge >= 0.3 is 12.1 Å². The maximum Gasteiger partial charge on any atom is 0.391 e. The van der Waals surface area contributed by atoms with E-state index >= 15 is 0 Å². The summed E-state index contributed by atoms with van der Waals surface area (Å²) in [6.45, 7) is 0. The van der Waals surface area contributed by atoms with Gasteiger partial charge in [0.15, 0.2) is 0 Å². The van der Waals surface area contributed by atoms with Crippen LogP contribution in [-0.2, 0) is 4.74 Å². The van der Waals surface area contributed by atoms with E-state index in [-0.39, 0.29) is 18.9 Å². The van der Waals surface area contributed by atoms with Crippen LogP contribution < -0.4 is 5.32 Å². The third-order valence-electron chi connectivity index (χ3n) is 3.88. The third-order valence-corrected chi connectivity index (χ3v) is 3.88. The second-order valence-corrected chi connectivity index (χ2v) is 5.27. The molecule has 0 radical (unpaired) electrons. The Bertz CT molecular complexity index is 494. The van der Waals surface area contributed by atoms with Crippen molar-refractivity contribution in [3.63, 3.8) is 0 Å². The van der Waals surface area contributed by atoms with Gasteiger partial charge in [0.1, 0.15) is 0 Å². The molecule has 3 nitrogen and oxygen atoms in total. The van der Waals surface area contributed by atoms with Gasteiger partial charge < -0.3 is 10.1 Å². The van der Waals surface area contributed by atoms with E-state index in [1.54, 1.807) is 24.3 Å². The number of rotatable bonds is 3. The molecule has 2 rings (SSSR count). The number of ether oxygens (including phenoxy) is 1. The highest BCUT2D eigenvalue weighted by Crippen LogP contribution is 2.38. The second-order valence-electron chi connectivity index (χ2n) is 5.27. The molecule has 1 aromatic carbocycles. The van der Waals surface area contributed by atoms with Gasteiger partial charge in [-0.1, -0.05) is 12.1 Å². The van der Waals surface area contributed by atoms with Crippen LogP contribution in [0.2, 0.25) is 0 Å². The van der Waals surface area contributed by atoms with Crippen LogP contribution in [-0.4, -0.2) is 25.3 Å². The van der Waals surface area contributed by atoms with Crippen molar-refractivity contribution < 1.29 is 22.7 Å². The predicted octanol–water partition coefficient (Wildman–Crippen LogP) is 4.01. The number of carbonyl (C=O) groups is 1. The number of alkyl halides is 3. The average molecular weight is 301 g/mol. The quantitative estimate of drug-likeness (QED) is 0.857. The fourth-order valence-electron chi connectivity index (χ4n) is 2.68. The molecule has 0 saturated heterocycles. The first-order valence-electron chi connectivity index (χ1n) is 6.92. The number of nitrogens with one attached hydrogen (secondary N) is 1. The number of para-hydroxylation sites is 1. The summed E-state index contributed by atoms with van der Waals surface area (Å²) in [6, 6.07) is 6.82. The lowest BCUT2D eigenvalue weighted by atomic mass is 9.85. The zero-order chi connectivity index (χ0) is 15.5. The molecule has 1 aliphatic rings. The molecule has 116 valence electrons. The van der Waals surface area contributed by atoms with Crippen molar-refractivity contribution in [1.29, 1.82) is 0 Å². The summed E-state index contributed by atoms with van der Waals surface area (Å²) < 4.78 is 42.6. The SMILES string of the molecule is COC(=O)c1ccccc1NC1CCC(C(F)(F)F)CC1. The Morgan fingerprint density at radius 3 is 2.38 bits per heavy atom. The highest BCUT2D eigenvalue weighted by atomic mass is 19.4. The number of benzene rings is 1. The standard InChI is InChI=1S/C15H18F3NO2/c1-21-14(20)12-4-2-3-5-13(12)19-11-8-6-10(7-9-11)15(16,17)18/h2-5,10-11,19H,6-9H2,1H3. The van der Waals surface area contributed by atoms with Gasteiger partial charge in [-0.2, -0.15) is 13.2 Å². The number of methoxy groups -OCH3 is 1. The minimum absolute atomic E-state index is 0.0468. The van der Waals surface area contributed by atoms with E-state index < -0.39 is 18.1 Å². The van der Waals surface area contributed by atoms with Crippen LogP contribution in [0, 0.1) is 5.92 Å². The highest BCUT2D eigenvalue weighted by molar-refractivity contribution is 5.95. The molecule has 1 aliphatic carbocycles. The van der Waals surface area contributed by atoms with E-state index in [0.717, 1.165) is 0 Å². The fourth-order valence-corrected chi connectivity index (χ4v) is 2.68. The Labute approximate surface area is 121 Å². The van der Waals surface area contributed by atoms with Crippen molar-refractivity contribution in [1.82, 2.24) is 0 Å². The highest BCUT2D eigenvalue weighted by Gasteiger charge is 2.41. The minimum Gasteiger partial charge on any atom is -0.465 e. The first kappa shape index (κ1) is 15.7. The van der Waals surface area contributed by atoms with Crippen molar-refractivity contribution in [2.24, 2.45) is 5.92 Å². The van der Waals surface area contributed by atoms with Gasteiger partial charge in [-0.3, -0.25) is 0 Å². The van der Waals surface area contributed by atoms with Crippen LogP contribution in [0.3, 0.4) is 0 Å². The van der Waals surface area contributed by atoms with Gasteiger partial charge in [0.05, 0.1) is 18.6 Å². The molecule has 0 atom stereocenters. The zero-order valence-electron chi connectivity index (χ0n) is 11.7. The first-order chi connectivity index (χ1) is 9.91. The second kappa shape index (κ2) is 6.37. The van der Waals surface area contributed by atoms with Crippen molar-refractivity contribution in [3.8, 4) is 0 Å². The number of hydrogen-bond acceptors (Lipinski definition) is 3. The number of hydrogen-bond donors (Lipinski definition) is 1. The van der Waals surface area contributed by atoms with Gasteiger partial charge in [-0.05, 0) is 37.8 Å². The van der Waals surface area contributed by atoms with E-state index in [1.807, 2.05) is 0 Å². The molecule has 21 heavy (non-hydrogen) atoms. The minimum atomic E-state index is -4.10. The van der Waals surface area contributed by atoms with Crippen LogP contribution >= 0.6 is 0 Å². The molecule has 0 amide bonds. The van der Waals surface area contributed by atoms with Gasteiger partial charge in [0.25, 0.3) is 0 Å². The Hall–Kier alpha value is -1.72. The monoisotopic (exact) mass is 301 g/mol. The van der Waals surface area contributed by atoms with E-state index in [1.165, 1.54) is 7.11 Å². The molecule has 1 fully saturated rings. The summed E-state index contributed by atoms with van der Waals surface area (Å²) in [5.74, 6) is -1.66. The number of anilines is 1. The van der Waals surface area contributed by atoms with Gasteiger partial charge in [-0.25, -0.2) is 4.79 Å². The van der Waals surface area contributed by atoms with Crippen molar-refractivity contribution in [2.45, 2.75) is 37.9 Å². The predicted molar refractivity (Wildman–Crippen MR) is 73.2 cm³/mol. The average Bonchev–Trinajstić information content (AvgIpc) is 2.46. The molecule has 0 aromatic heterocycles. The summed E-state index contributed by atoms with van der Waals surface area (Å²) in [5, 5.41) is 3.17. The lowest BCUT2D eigenvalue weighted by molar-refractivity contribution is -0.182. The molecule has 6 heteroatoms. The first-order valence-corrected chi connectivity index (χ1v) is 6.92. The fraction of sp³-hybridized carbons (Fsp3) is 0.533. The van der Waals surface area contributed by atoms with E-state index in [4.69, 9.17) is 4.74 Å². The van der Waals surface area contributed by atoms with Crippen molar-refractivity contribution in [2.75, 3.05) is 12.4 Å². The van der Waals surface area contributed by atoms with E-state index in [0.29, 0.717) is 24.1 Å². The van der Waals surface area contributed by atoms with E-state index in [9.17, 15) is 18.0 Å². The summed E-state index contributed by atoms with van der Waals surface area (Å²) in [5.41, 5.74) is 1.01. The van der Waals surface area contributed by atoms with Crippen LogP contribution in [0.15, 0.2) is 24.3 Å². The van der Waals surface area contributed by atoms with Crippen molar-refractivity contribution >= 4 is 11.7 Å². The molecule has 1 saturated carbocycles. The lowest BCUT2D eigenvalue weighted by Gasteiger charge is -2.31. The Kier molecular flexibility index (Phi) is 4.75. The summed E-state index contributed by atoms with van der Waals surface area (Å²) in [7, 11) is 1.30. The number of esters is 1. The molecule has 1 aromatic rings. The Morgan fingerprint density at radius 1 is 1.19 bits per heavy atom. The number of carbonyl (C=O) groups excluding carboxylic acids is 1. The normalized spacial score (nSPS) is 22.7. The maximum atomic E-state index is 12.6. The molecule has 0 spiro atoms. The van der Waals surface area contributed by atoms with Crippen molar-refractivity contribution in [3.05, 3.63) is 29.8 Å². The summed E-state index contributed by atoms with van der Waals surface area (Å²) in [4.78, 5) is 11.6. The van der Waals surface area contributed by atoms with E-state index in [2.05, 4.69) is 5.32 Å². The topological polar surface area (TPSA) is 38.3 Å². The van der Waals surface area contributed by atoms with Crippen LogP contribution in [0.5, 0.6) is 0 Å². The lowest BCUT2D eigenvalue weighted by Crippen LogP contribution is -2.33. The van der Waals surface area contributed by atoms with Crippen LogP contribution in [0.25, 0.3) is 0 Å². The molecular formula is C15H18F3NO2. The molecular weight excluding hydrogens is 283 g/mol. The van der Waals surface area contributed by atoms with Gasteiger partial charge in [-0.15, -0.1) is 0 Å². The smallest absolute Gasteiger partial charge is 0.391 e. The van der Waals surface area contributed by atoms with Crippen LogP contribution in [0.1, 0.15) is 36.0 Å². The number of halogens is 3. The molecule has 0 aliphatic heterocycles. The third kappa shape index (κ3) is 3.89. The molecule has 0 heterocycles. The molecule has 1 N–H and O–H groups in total. The summed E-state index contributed by atoms with van der Waals surface area (Å²) in [6.07, 6.45) is -2.96. The Balaban J connectivity index is 2.00. The van der Waals surface area contributed by atoms with Gasteiger partial charge in [0, 0.05) is 11.7 Å². The zero-order valence-corrected chi connectivity index (χ0v) is 11.7. The maximum absolute atomic E-state index is 12.6. The Morgan fingerprint density at radius 2 is 1.81 bits per heavy atom. The summed E-state index contributed by atoms with van der Waals surface area (Å²) >= 11 is 0. The molecule has 0 bridgehead atoms.